The minimum atomic E-state index is -2.55. The van der Waals surface area contributed by atoms with E-state index in [1.54, 1.807) is 28.0 Å². The van der Waals surface area contributed by atoms with Crippen LogP contribution in [0.15, 0.2) is 221 Å². The van der Waals surface area contributed by atoms with Gasteiger partial charge in [-0.05, 0) is 166 Å². The van der Waals surface area contributed by atoms with Crippen molar-refractivity contribution in [2.45, 2.75) is 103 Å². The number of phenols is 3. The lowest BCUT2D eigenvalue weighted by atomic mass is 9.72. The highest BCUT2D eigenvalue weighted by atomic mass is 19.3. The highest BCUT2D eigenvalue weighted by Gasteiger charge is 2.53. The van der Waals surface area contributed by atoms with Crippen molar-refractivity contribution >= 4 is 112 Å². The number of aromatic hydroxyl groups is 3. The molecule has 0 unspecified atom stereocenters. The summed E-state index contributed by atoms with van der Waals surface area (Å²) in [6, 6.07) is 51.2. The molecular weight excluding hydrogens is 1860 g/mol. The van der Waals surface area contributed by atoms with E-state index in [0.29, 0.717) is 149 Å². The summed E-state index contributed by atoms with van der Waals surface area (Å²) in [5.74, 6) is 2.45. The number of rotatable bonds is 22. The highest BCUT2D eigenvalue weighted by Crippen LogP contribution is 2.47. The van der Waals surface area contributed by atoms with Crippen LogP contribution >= 0.6 is 0 Å². The maximum absolute atomic E-state index is 13.9. The molecule has 32 heteroatoms. The first-order valence-electron chi connectivity index (χ1n) is 51.9. The van der Waals surface area contributed by atoms with Crippen LogP contribution in [-0.2, 0) is 71.0 Å². The summed E-state index contributed by atoms with van der Waals surface area (Å²) < 4.78 is 53.9. The van der Waals surface area contributed by atoms with E-state index < -0.39 is 12.6 Å². The highest BCUT2D eigenvalue weighted by molar-refractivity contribution is 5.99. The monoisotopic (exact) mass is 1990 g/mol. The average Bonchev–Trinajstić information content (AvgIpc) is 0.721. The molecule has 11 aliphatic rings. The predicted molar refractivity (Wildman–Crippen MR) is 572 cm³/mol. The Labute approximate surface area is 855 Å². The van der Waals surface area contributed by atoms with Gasteiger partial charge in [-0.2, -0.15) is 19.9 Å². The molecule has 12 aromatic rings. The molecule has 0 radical (unpaired) electrons. The lowest BCUT2D eigenvalue weighted by molar-refractivity contribution is -0.139. The Morgan fingerprint density at radius 2 is 0.755 bits per heavy atom. The van der Waals surface area contributed by atoms with Crippen molar-refractivity contribution in [2.75, 3.05) is 223 Å². The number of benzene rings is 8. The first kappa shape index (κ1) is 99.5. The van der Waals surface area contributed by atoms with Gasteiger partial charge >= 0.3 is 12.0 Å². The van der Waals surface area contributed by atoms with Crippen LogP contribution in [0.1, 0.15) is 95.5 Å². The van der Waals surface area contributed by atoms with Gasteiger partial charge < -0.3 is 88.5 Å². The molecule has 147 heavy (non-hydrogen) atoms. The number of nitrogens with zero attached hydrogens (tertiary/aromatic N) is 20. The second-order valence-electron chi connectivity index (χ2n) is 40.1. The SMILES string of the molecule is C=CC(=O)N1CC2(C1)CN(c1ccnc3c1CCN(c1cc(O)cc4ccccc14)C3)C2.C=CC(=O)N1CCN(c2ccnc3c2CCN(c2cc(O)cc4ccccc24)C3)CC1.C=CC(=O)N1CCN(c2nc(OCCCN3CCCCC3)nc3c2CCN(c2cc(C(F)F)cc4ccccc24)C3)CC1.C=CC(=O)N1CCN(c2nc(OCCN3CCC[C@H](F)C3)nc3c2CCN(c2cc(O)cc4ccccc24)C3)CC1. The molecule has 4 aromatic heterocycles. The summed E-state index contributed by atoms with van der Waals surface area (Å²) in [6.45, 7) is 37.9. The third-order valence-electron chi connectivity index (χ3n) is 30.7. The summed E-state index contributed by atoms with van der Waals surface area (Å²) in [7, 11) is 0. The normalized spacial score (nSPS) is 18.2. The maximum atomic E-state index is 13.9. The molecule has 4 amide bonds. The van der Waals surface area contributed by atoms with Crippen molar-refractivity contribution in [3.63, 3.8) is 0 Å². The number of hydrogen-bond acceptors (Lipinski definition) is 25. The van der Waals surface area contributed by atoms with Crippen LogP contribution < -0.4 is 48.7 Å². The summed E-state index contributed by atoms with van der Waals surface area (Å²) >= 11 is 0. The van der Waals surface area contributed by atoms with Gasteiger partial charge in [0.15, 0.2) is 0 Å². The molecule has 15 heterocycles. The molecule has 8 aromatic carbocycles. The second-order valence-corrected chi connectivity index (χ2v) is 40.1. The number of halogens is 3. The number of piperazine rings is 3. The summed E-state index contributed by atoms with van der Waals surface area (Å²) in [4.78, 5) is 107. The molecular formula is C115H129F3N20O9. The average molecular weight is 1990 g/mol. The van der Waals surface area contributed by atoms with Gasteiger partial charge in [0.05, 0.1) is 55.6 Å². The van der Waals surface area contributed by atoms with Gasteiger partial charge in [-0.1, -0.05) is 130 Å². The number of amides is 4. The first-order chi connectivity index (χ1) is 71.7. The van der Waals surface area contributed by atoms with Crippen LogP contribution in [0.2, 0.25) is 0 Å². The number of aromatic nitrogens is 6. The molecule has 29 nitrogen and oxygen atoms in total. The number of anilines is 8. The zero-order chi connectivity index (χ0) is 101. The number of alkyl halides is 3. The van der Waals surface area contributed by atoms with Crippen molar-refractivity contribution < 1.29 is 57.1 Å². The summed E-state index contributed by atoms with van der Waals surface area (Å²) in [6.07, 6.45) is 15.5. The Hall–Kier alpha value is -14.8. The number of phenolic OH excluding ortho intramolecular Hbond substituents is 3. The molecule has 7 saturated heterocycles. The smallest absolute Gasteiger partial charge is 0.318 e. The number of fused-ring (bicyclic) bond motifs is 8. The summed E-state index contributed by atoms with van der Waals surface area (Å²) in [5.41, 5.74) is 15.4. The van der Waals surface area contributed by atoms with Crippen LogP contribution in [0.25, 0.3) is 43.1 Å². The van der Waals surface area contributed by atoms with Gasteiger partial charge in [-0.15, -0.1) is 0 Å². The molecule has 764 valence electrons. The third kappa shape index (κ3) is 22.2. The Morgan fingerprint density at radius 3 is 1.18 bits per heavy atom. The van der Waals surface area contributed by atoms with Crippen molar-refractivity contribution in [3.8, 4) is 29.3 Å². The first-order valence-corrected chi connectivity index (χ1v) is 51.9. The van der Waals surface area contributed by atoms with Gasteiger partial charge in [0.2, 0.25) is 23.6 Å². The van der Waals surface area contributed by atoms with Crippen LogP contribution in [0.3, 0.4) is 0 Å². The second kappa shape index (κ2) is 44.7. The number of carbonyl (C=O) groups is 4. The van der Waals surface area contributed by atoms with Gasteiger partial charge in [-0.3, -0.25) is 34.0 Å². The standard InChI is InChI=1S/C33H40F2N6O2.C31H37FN6O3.C26H26N4O2.C25H26N4O2/c1-2-30(42)39-16-18-40(19-17-39)32-27-11-15-41(29-22-25(31(34)35)21-24-9-4-5-10-26(24)29)23-28(27)36-33(37-32)43-20-8-14-38-12-6-3-7-13-38;1-2-29(40)36-12-14-37(15-13-36)30-26-9-11-38(28-19-24(39)18-22-6-3-4-8-25(22)28)21-27(26)33-31(34-30)41-17-16-35-10-5-7-23(32)20-35;1-2-25(32)30-16-26(17-30)14-29(15-26)23-7-9-27-22-13-28(10-8-21(22)23)24-12-19(31)11-18-5-3-4-6-20(18)24;1-2-25(31)28-13-11-27(12-14-28)23-7-9-26-22-17-29(10-8-21(22)23)24-16-19(30)15-18-5-3-4-6-20(18)24/h2,4-5,9-10,21-22,31H,1,3,6-8,11-20,23H2;2-4,6,8,18-19,23,39H,1,5,7,9-17,20-21H2;2-7,9,11-12,31H,1,8,10,13-17H2;2-7,9,15-16,30H,1,8,10-14,17H2/t;23-;;/m.0../s1. The number of carbonyl (C=O) groups excluding carboxylic acids is 4. The van der Waals surface area contributed by atoms with E-state index in [0.717, 1.165) is 235 Å². The Bertz CT molecular complexity index is 6890. The van der Waals surface area contributed by atoms with E-state index >= 15 is 0 Å². The number of piperidine rings is 2. The topological polar surface area (TPSA) is 270 Å². The van der Waals surface area contributed by atoms with Gasteiger partial charge in [0, 0.05) is 270 Å². The number of hydrogen-bond donors (Lipinski definition) is 3. The molecule has 0 saturated carbocycles. The Kier molecular flexibility index (Phi) is 30.2. The van der Waals surface area contributed by atoms with Crippen LogP contribution in [0, 0.1) is 5.41 Å². The zero-order valence-corrected chi connectivity index (χ0v) is 83.5. The zero-order valence-electron chi connectivity index (χ0n) is 83.5. The van der Waals surface area contributed by atoms with Crippen molar-refractivity contribution in [1.29, 1.82) is 0 Å². The fraction of sp³-hybridized carbons (Fsp3) is 0.391. The Morgan fingerprint density at radius 1 is 0.374 bits per heavy atom. The van der Waals surface area contributed by atoms with E-state index in [1.165, 1.54) is 66.1 Å². The predicted octanol–water partition coefficient (Wildman–Crippen LogP) is 15.4. The molecule has 1 atom stereocenters. The molecule has 1 spiro atoms. The largest absolute Gasteiger partial charge is 0.508 e. The number of likely N-dealkylation sites (tertiary alicyclic amines) is 3. The maximum Gasteiger partial charge on any atom is 0.318 e. The minimum absolute atomic E-state index is 0.00499. The quantitative estimate of drug-likeness (QED) is 0.0420. The number of pyridine rings is 2. The van der Waals surface area contributed by atoms with Crippen LogP contribution in [0.4, 0.5) is 58.9 Å². The van der Waals surface area contributed by atoms with E-state index in [-0.39, 0.29) is 46.1 Å². The van der Waals surface area contributed by atoms with E-state index in [9.17, 15) is 47.7 Å². The van der Waals surface area contributed by atoms with E-state index in [2.05, 4.69) is 106 Å². The molecule has 11 aliphatic heterocycles. The molecule has 3 N–H and O–H groups in total. The lowest BCUT2D eigenvalue weighted by Gasteiger charge is -2.61. The van der Waals surface area contributed by atoms with Crippen LogP contribution in [-0.4, -0.2) is 288 Å². The Balaban J connectivity index is 0.000000120. The fourth-order valence-corrected chi connectivity index (χ4v) is 23.2. The van der Waals surface area contributed by atoms with Gasteiger partial charge in [0.25, 0.3) is 6.43 Å². The molecule has 23 rings (SSSR count). The van der Waals surface area contributed by atoms with Crippen LogP contribution in [0.5, 0.6) is 29.3 Å². The van der Waals surface area contributed by atoms with E-state index in [4.69, 9.17) is 39.4 Å². The van der Waals surface area contributed by atoms with Crippen molar-refractivity contribution in [2.24, 2.45) is 5.41 Å². The van der Waals surface area contributed by atoms with Crippen molar-refractivity contribution in [1.82, 2.24) is 59.3 Å². The fourth-order valence-electron chi connectivity index (χ4n) is 23.2. The molecule has 7 fully saturated rings. The lowest BCUT2D eigenvalue weighted by Crippen LogP contribution is -2.73. The third-order valence-corrected chi connectivity index (χ3v) is 30.7. The van der Waals surface area contributed by atoms with Gasteiger partial charge in [0.1, 0.15) is 41.7 Å². The summed E-state index contributed by atoms with van der Waals surface area (Å²) in [5, 5.41) is 39.2. The van der Waals surface area contributed by atoms with Crippen molar-refractivity contribution in [3.05, 3.63) is 271 Å². The van der Waals surface area contributed by atoms with E-state index in [1.807, 2.05) is 131 Å². The molecule has 0 aliphatic carbocycles. The van der Waals surface area contributed by atoms with Gasteiger partial charge in [-0.25, -0.2) is 13.2 Å². The molecule has 0 bridgehead atoms. The number of ether oxygens (including phenoxy) is 2. The minimum Gasteiger partial charge on any atom is -0.508 e.